The molecule has 2 rings (SSSR count). The normalized spacial score (nSPS) is 32.2. The Labute approximate surface area is 68.2 Å². The number of nitrogens with zero attached hydrogens (tertiary/aromatic N) is 1. The van der Waals surface area contributed by atoms with Crippen LogP contribution in [-0.2, 0) is 0 Å². The van der Waals surface area contributed by atoms with Crippen LogP contribution in [0.15, 0.2) is 0 Å². The van der Waals surface area contributed by atoms with E-state index in [-0.39, 0.29) is 0 Å². The van der Waals surface area contributed by atoms with E-state index in [2.05, 4.69) is 6.92 Å². The summed E-state index contributed by atoms with van der Waals surface area (Å²) < 4.78 is 0. The van der Waals surface area contributed by atoms with Crippen molar-refractivity contribution >= 4 is 0 Å². The van der Waals surface area contributed by atoms with Crippen molar-refractivity contribution in [1.29, 1.82) is 0 Å². The second-order valence-corrected chi connectivity index (χ2v) is 4.47. The Morgan fingerprint density at radius 1 is 1.27 bits per heavy atom. The largest absolute Gasteiger partial charge is 0.314 e. The Hall–Kier alpha value is -0.0800. The van der Waals surface area contributed by atoms with Crippen LogP contribution in [0.1, 0.15) is 32.6 Å². The van der Waals surface area contributed by atoms with Gasteiger partial charge in [0, 0.05) is 13.1 Å². The van der Waals surface area contributed by atoms with Crippen molar-refractivity contribution in [3.05, 3.63) is 0 Å². The molecule has 0 unspecified atom stereocenters. The number of hydrogen-bond acceptors (Lipinski definition) is 2. The van der Waals surface area contributed by atoms with E-state index >= 15 is 0 Å². The van der Waals surface area contributed by atoms with Crippen LogP contribution in [0.25, 0.3) is 0 Å². The highest BCUT2D eigenvalue weighted by atomic mass is 16.5. The molecule has 0 bridgehead atoms. The zero-order valence-electron chi connectivity index (χ0n) is 7.21. The van der Waals surface area contributed by atoms with Crippen molar-refractivity contribution in [2.45, 2.75) is 32.6 Å². The minimum Gasteiger partial charge on any atom is -0.314 e. The van der Waals surface area contributed by atoms with Gasteiger partial charge in [-0.05, 0) is 37.0 Å². The smallest absolute Gasteiger partial charge is 0.0243 e. The van der Waals surface area contributed by atoms with E-state index in [9.17, 15) is 0 Å². The fourth-order valence-corrected chi connectivity index (χ4v) is 2.80. The Bertz CT molecular complexity index is 142. The zero-order chi connectivity index (χ0) is 7.90. The van der Waals surface area contributed by atoms with Crippen LogP contribution < -0.4 is 0 Å². The van der Waals surface area contributed by atoms with Gasteiger partial charge in [-0.15, -0.1) is 0 Å². The zero-order valence-corrected chi connectivity index (χ0v) is 7.21. The first-order chi connectivity index (χ1) is 5.20. The van der Waals surface area contributed by atoms with E-state index < -0.39 is 0 Å². The van der Waals surface area contributed by atoms with Gasteiger partial charge in [-0.1, -0.05) is 6.92 Å². The van der Waals surface area contributed by atoms with E-state index in [1.54, 1.807) is 0 Å². The van der Waals surface area contributed by atoms with Gasteiger partial charge in [0.25, 0.3) is 0 Å². The van der Waals surface area contributed by atoms with Gasteiger partial charge in [-0.3, -0.25) is 0 Å². The van der Waals surface area contributed by atoms with Crippen LogP contribution in [0.5, 0.6) is 0 Å². The quantitative estimate of drug-likeness (QED) is 0.577. The third-order valence-corrected chi connectivity index (χ3v) is 3.36. The maximum Gasteiger partial charge on any atom is 0.0243 e. The molecule has 1 spiro atoms. The first-order valence-electron chi connectivity index (χ1n) is 4.64. The van der Waals surface area contributed by atoms with Crippen molar-refractivity contribution in [3.8, 4) is 0 Å². The molecule has 2 aliphatic rings. The second kappa shape index (κ2) is 2.46. The molecule has 0 radical (unpaired) electrons. The summed E-state index contributed by atoms with van der Waals surface area (Å²) in [5.74, 6) is 0.945. The fraction of sp³-hybridized carbons (Fsp3) is 1.00. The summed E-state index contributed by atoms with van der Waals surface area (Å²) in [5.41, 5.74) is 0.651. The van der Waals surface area contributed by atoms with Crippen LogP contribution in [0, 0.1) is 11.3 Å². The summed E-state index contributed by atoms with van der Waals surface area (Å²) in [5, 5.41) is 10.6. The van der Waals surface area contributed by atoms with Crippen LogP contribution in [0.2, 0.25) is 0 Å². The highest BCUT2D eigenvalue weighted by Gasteiger charge is 2.43. The van der Waals surface area contributed by atoms with Crippen LogP contribution >= 0.6 is 0 Å². The summed E-state index contributed by atoms with van der Waals surface area (Å²) in [4.78, 5) is 0. The lowest BCUT2D eigenvalue weighted by atomic mass is 9.58. The minimum atomic E-state index is 0.651. The lowest BCUT2D eigenvalue weighted by Gasteiger charge is -2.50. The number of piperidine rings is 1. The molecule has 1 heterocycles. The Morgan fingerprint density at radius 2 is 1.82 bits per heavy atom. The lowest BCUT2D eigenvalue weighted by molar-refractivity contribution is -0.145. The second-order valence-electron chi connectivity index (χ2n) is 4.47. The number of rotatable bonds is 0. The van der Waals surface area contributed by atoms with Gasteiger partial charge in [-0.2, -0.15) is 5.06 Å². The molecule has 0 amide bonds. The summed E-state index contributed by atoms with van der Waals surface area (Å²) in [6, 6.07) is 0. The van der Waals surface area contributed by atoms with Crippen molar-refractivity contribution in [2.24, 2.45) is 11.3 Å². The van der Waals surface area contributed by atoms with Gasteiger partial charge in [0.1, 0.15) is 0 Å². The molecule has 0 aromatic heterocycles. The SMILES string of the molecule is CC1CC2(CCN(O)CC2)C1. The highest BCUT2D eigenvalue weighted by Crippen LogP contribution is 2.51. The molecule has 0 aromatic carbocycles. The lowest BCUT2D eigenvalue weighted by Crippen LogP contribution is -2.45. The molecule has 1 aliphatic heterocycles. The minimum absolute atomic E-state index is 0.651. The molecule has 11 heavy (non-hydrogen) atoms. The standard InChI is InChI=1S/C9H17NO/c1-8-6-9(7-8)2-4-10(11)5-3-9/h8,11H,2-7H2,1H3. The van der Waals surface area contributed by atoms with Crippen molar-refractivity contribution in [1.82, 2.24) is 5.06 Å². The van der Waals surface area contributed by atoms with E-state index in [1.165, 1.54) is 30.7 Å². The first-order valence-corrected chi connectivity index (χ1v) is 4.64. The molecule has 1 saturated heterocycles. The molecular formula is C9H17NO. The van der Waals surface area contributed by atoms with Crippen LogP contribution in [0.4, 0.5) is 0 Å². The van der Waals surface area contributed by atoms with E-state index in [0.717, 1.165) is 19.0 Å². The molecule has 2 heteroatoms. The van der Waals surface area contributed by atoms with Gasteiger partial charge in [0.05, 0.1) is 0 Å². The maximum absolute atomic E-state index is 9.16. The maximum atomic E-state index is 9.16. The Morgan fingerprint density at radius 3 is 2.27 bits per heavy atom. The van der Waals surface area contributed by atoms with Gasteiger partial charge >= 0.3 is 0 Å². The third kappa shape index (κ3) is 1.30. The fourth-order valence-electron chi connectivity index (χ4n) is 2.80. The first kappa shape index (κ1) is 7.56. The van der Waals surface area contributed by atoms with Crippen LogP contribution in [0.3, 0.4) is 0 Å². The molecule has 0 atom stereocenters. The third-order valence-electron chi connectivity index (χ3n) is 3.36. The summed E-state index contributed by atoms with van der Waals surface area (Å²) in [6.45, 7) is 4.12. The van der Waals surface area contributed by atoms with E-state index in [4.69, 9.17) is 5.21 Å². The van der Waals surface area contributed by atoms with E-state index in [1.807, 2.05) is 0 Å². The van der Waals surface area contributed by atoms with Gasteiger partial charge < -0.3 is 5.21 Å². The summed E-state index contributed by atoms with van der Waals surface area (Å²) >= 11 is 0. The number of hydrogen-bond donors (Lipinski definition) is 1. The van der Waals surface area contributed by atoms with Gasteiger partial charge in [-0.25, -0.2) is 0 Å². The molecule has 1 saturated carbocycles. The molecule has 0 aromatic rings. The van der Waals surface area contributed by atoms with Crippen LogP contribution in [-0.4, -0.2) is 23.4 Å². The molecule has 1 aliphatic carbocycles. The predicted molar refractivity (Wildman–Crippen MR) is 43.4 cm³/mol. The predicted octanol–water partition coefficient (Wildman–Crippen LogP) is 1.89. The van der Waals surface area contributed by atoms with Crippen molar-refractivity contribution in [3.63, 3.8) is 0 Å². The Balaban J connectivity index is 1.88. The number of hydroxylamine groups is 2. The summed E-state index contributed by atoms with van der Waals surface area (Å²) in [6.07, 6.45) is 5.24. The molecular weight excluding hydrogens is 138 g/mol. The molecule has 64 valence electrons. The molecule has 1 N–H and O–H groups in total. The topological polar surface area (TPSA) is 23.5 Å². The van der Waals surface area contributed by atoms with Gasteiger partial charge in [0.2, 0.25) is 0 Å². The van der Waals surface area contributed by atoms with Crippen molar-refractivity contribution < 1.29 is 5.21 Å². The Kier molecular flexibility index (Phi) is 1.69. The summed E-state index contributed by atoms with van der Waals surface area (Å²) in [7, 11) is 0. The average molecular weight is 155 g/mol. The highest BCUT2D eigenvalue weighted by molar-refractivity contribution is 4.94. The monoisotopic (exact) mass is 155 g/mol. The van der Waals surface area contributed by atoms with Gasteiger partial charge in [0.15, 0.2) is 0 Å². The molecule has 2 nitrogen and oxygen atoms in total. The molecule has 2 fully saturated rings. The van der Waals surface area contributed by atoms with Crippen molar-refractivity contribution in [2.75, 3.05) is 13.1 Å². The van der Waals surface area contributed by atoms with E-state index in [0.29, 0.717) is 5.41 Å². The average Bonchev–Trinajstić information content (AvgIpc) is 1.92.